The van der Waals surface area contributed by atoms with Gasteiger partial charge in [-0.15, -0.1) is 0 Å². The first-order valence-electron chi connectivity index (χ1n) is 14.1. The molecule has 0 saturated carbocycles. The van der Waals surface area contributed by atoms with Gasteiger partial charge in [0.2, 0.25) is 0 Å². The lowest BCUT2D eigenvalue weighted by Crippen LogP contribution is -2.24. The van der Waals surface area contributed by atoms with Crippen LogP contribution < -0.4 is 5.32 Å². The van der Waals surface area contributed by atoms with E-state index in [-0.39, 0.29) is 23.3 Å². The summed E-state index contributed by atoms with van der Waals surface area (Å²) in [6.45, 7) is 13.8. The van der Waals surface area contributed by atoms with Gasteiger partial charge in [-0.3, -0.25) is 9.79 Å². The number of halogens is 3. The molecule has 0 fully saturated rings. The van der Waals surface area contributed by atoms with Crippen LogP contribution in [-0.4, -0.2) is 27.7 Å². The van der Waals surface area contributed by atoms with Crippen molar-refractivity contribution in [2.75, 3.05) is 6.54 Å². The number of fused-ring (bicyclic) bond motifs is 1. The van der Waals surface area contributed by atoms with Gasteiger partial charge in [-0.25, -0.2) is 18.2 Å². The van der Waals surface area contributed by atoms with Gasteiger partial charge in [0.05, 0.1) is 17.0 Å². The van der Waals surface area contributed by atoms with Crippen LogP contribution in [0.25, 0.3) is 11.0 Å². The molecule has 4 aromatic rings. The van der Waals surface area contributed by atoms with E-state index in [1.54, 1.807) is 44.2 Å². The molecule has 1 atom stereocenters. The van der Waals surface area contributed by atoms with Gasteiger partial charge in [-0.05, 0) is 74.2 Å². The van der Waals surface area contributed by atoms with Gasteiger partial charge in [-0.1, -0.05) is 46.8 Å². The Morgan fingerprint density at radius 1 is 0.976 bits per heavy atom. The van der Waals surface area contributed by atoms with E-state index in [1.807, 2.05) is 46.2 Å². The molecule has 1 N–H and O–H groups in total. The number of imidazole rings is 1. The summed E-state index contributed by atoms with van der Waals surface area (Å²) >= 11 is 0. The number of benzene rings is 3. The maximum atomic E-state index is 14.3. The van der Waals surface area contributed by atoms with E-state index in [0.29, 0.717) is 29.2 Å². The molecular formula is C33H41F3N4O. The topological polar surface area (TPSA) is 59.3 Å². The predicted octanol–water partition coefficient (Wildman–Crippen LogP) is 8.61. The number of aryl methyl sites for hydroxylation is 3. The predicted molar refractivity (Wildman–Crippen MR) is 163 cm³/mol. The van der Waals surface area contributed by atoms with Gasteiger partial charge in [0.1, 0.15) is 23.1 Å². The molecule has 0 bridgehead atoms. The van der Waals surface area contributed by atoms with Crippen molar-refractivity contribution in [3.63, 3.8) is 0 Å². The number of carbonyl (C=O) groups excluding carboxylic acids is 1. The fraction of sp³-hybridized carbons (Fsp3) is 0.364. The van der Waals surface area contributed by atoms with Crippen LogP contribution in [0.3, 0.4) is 0 Å². The number of nitrogens with zero attached hydrogens (tertiary/aromatic N) is 3. The van der Waals surface area contributed by atoms with Crippen molar-refractivity contribution in [2.45, 2.75) is 67.2 Å². The molecule has 1 unspecified atom stereocenters. The zero-order chi connectivity index (χ0) is 30.7. The van der Waals surface area contributed by atoms with Crippen molar-refractivity contribution in [2.24, 2.45) is 12.0 Å². The number of nitrogens with one attached hydrogen (secondary N) is 1. The molecule has 1 amide bonds. The molecule has 3 aromatic carbocycles. The second kappa shape index (κ2) is 15.7. The number of aliphatic imine (C=N–C) groups is 1. The highest BCUT2D eigenvalue weighted by Gasteiger charge is 2.19. The average Bonchev–Trinajstić information content (AvgIpc) is 3.30. The van der Waals surface area contributed by atoms with Crippen LogP contribution in [0.2, 0.25) is 0 Å². The van der Waals surface area contributed by atoms with Gasteiger partial charge in [0.25, 0.3) is 5.91 Å². The first-order chi connectivity index (χ1) is 19.6. The van der Waals surface area contributed by atoms with Crippen LogP contribution in [0.5, 0.6) is 0 Å². The maximum absolute atomic E-state index is 14.3. The van der Waals surface area contributed by atoms with E-state index in [0.717, 1.165) is 35.5 Å². The normalized spacial score (nSPS) is 11.7. The fourth-order valence-corrected chi connectivity index (χ4v) is 4.28. The maximum Gasteiger partial charge on any atom is 0.251 e. The lowest BCUT2D eigenvalue weighted by molar-refractivity contribution is 0.0953. The zero-order valence-electron chi connectivity index (χ0n) is 25.3. The highest BCUT2D eigenvalue weighted by molar-refractivity contribution is 5.98. The number of hydrogen-bond donors (Lipinski definition) is 1. The van der Waals surface area contributed by atoms with Crippen molar-refractivity contribution in [3.8, 4) is 0 Å². The first kappa shape index (κ1) is 33.3. The monoisotopic (exact) mass is 566 g/mol. The van der Waals surface area contributed by atoms with E-state index in [9.17, 15) is 18.0 Å². The van der Waals surface area contributed by atoms with Crippen molar-refractivity contribution in [1.82, 2.24) is 14.9 Å². The highest BCUT2D eigenvalue weighted by atomic mass is 19.1. The number of carbonyl (C=O) groups is 1. The molecule has 0 aliphatic rings. The van der Waals surface area contributed by atoms with E-state index in [2.05, 4.69) is 10.3 Å². The van der Waals surface area contributed by atoms with Crippen molar-refractivity contribution >= 4 is 28.3 Å². The van der Waals surface area contributed by atoms with Crippen LogP contribution in [0.1, 0.15) is 81.2 Å². The second-order valence-electron chi connectivity index (χ2n) is 9.25. The van der Waals surface area contributed by atoms with E-state index < -0.39 is 11.6 Å². The third-order valence-corrected chi connectivity index (χ3v) is 6.54. The molecule has 5 nitrogen and oxygen atoms in total. The highest BCUT2D eigenvalue weighted by Crippen LogP contribution is 2.28. The molecule has 41 heavy (non-hydrogen) atoms. The SMILES string of the molecule is CC.CC.CC(=Nc1c(C)cc(F)cc1F)C(C)c1nc2ccc(C(=O)NCCCc3ccc(F)cc3)cc2n1C. The molecule has 4 rings (SSSR count). The van der Waals surface area contributed by atoms with Crippen LogP contribution >= 0.6 is 0 Å². The lowest BCUT2D eigenvalue weighted by Gasteiger charge is -2.13. The van der Waals surface area contributed by atoms with E-state index in [4.69, 9.17) is 4.98 Å². The van der Waals surface area contributed by atoms with Crippen molar-refractivity contribution < 1.29 is 18.0 Å². The molecule has 8 heteroatoms. The van der Waals surface area contributed by atoms with E-state index in [1.165, 1.54) is 18.2 Å². The Kier molecular flexibility index (Phi) is 12.8. The molecule has 0 aliphatic carbocycles. The van der Waals surface area contributed by atoms with Crippen LogP contribution in [0.4, 0.5) is 18.9 Å². The molecule has 1 heterocycles. The summed E-state index contributed by atoms with van der Waals surface area (Å²) in [5.41, 5.74) is 4.22. The Hall–Kier alpha value is -3.94. The minimum Gasteiger partial charge on any atom is -0.352 e. The summed E-state index contributed by atoms with van der Waals surface area (Å²) in [5, 5.41) is 2.93. The zero-order valence-corrected chi connectivity index (χ0v) is 25.3. The van der Waals surface area contributed by atoms with Gasteiger partial charge < -0.3 is 9.88 Å². The molecule has 0 spiro atoms. The summed E-state index contributed by atoms with van der Waals surface area (Å²) in [5.74, 6) is -1.32. The Balaban J connectivity index is 0.00000141. The molecule has 0 radical (unpaired) electrons. The van der Waals surface area contributed by atoms with Gasteiger partial charge in [-0.2, -0.15) is 0 Å². The second-order valence-corrected chi connectivity index (χ2v) is 9.25. The Labute approximate surface area is 241 Å². The summed E-state index contributed by atoms with van der Waals surface area (Å²) in [4.78, 5) is 21.9. The van der Waals surface area contributed by atoms with Crippen LogP contribution in [0, 0.1) is 24.4 Å². The number of aromatic nitrogens is 2. The quantitative estimate of drug-likeness (QED) is 0.171. The minimum absolute atomic E-state index is 0.114. The van der Waals surface area contributed by atoms with Crippen molar-refractivity contribution in [3.05, 3.63) is 94.6 Å². The minimum atomic E-state index is -0.706. The summed E-state index contributed by atoms with van der Waals surface area (Å²) < 4.78 is 42.7. The standard InChI is InChI=1S/C29H29F3N4O.2C2H6/c1-17-14-23(31)16-24(32)27(17)34-19(3)18(2)28-35-25-12-9-21(15-26(25)36(28)4)29(37)33-13-5-6-20-7-10-22(30)11-8-20;2*1-2/h7-12,14-16,18H,5-6,13H2,1-4H3,(H,33,37);2*1-2H3. The van der Waals surface area contributed by atoms with Gasteiger partial charge in [0, 0.05) is 30.9 Å². The van der Waals surface area contributed by atoms with Crippen molar-refractivity contribution in [1.29, 1.82) is 0 Å². The summed E-state index contributed by atoms with van der Waals surface area (Å²) in [7, 11) is 1.86. The molecule has 0 aliphatic heterocycles. The third-order valence-electron chi connectivity index (χ3n) is 6.54. The van der Waals surface area contributed by atoms with Gasteiger partial charge in [0.15, 0.2) is 5.82 Å². The van der Waals surface area contributed by atoms with Crippen LogP contribution in [0.15, 0.2) is 59.6 Å². The Bertz CT molecular complexity index is 1450. The number of amides is 1. The first-order valence-corrected chi connectivity index (χ1v) is 14.1. The molecule has 0 saturated heterocycles. The number of rotatable bonds is 8. The van der Waals surface area contributed by atoms with E-state index >= 15 is 0 Å². The molecule has 1 aromatic heterocycles. The number of hydrogen-bond acceptors (Lipinski definition) is 3. The largest absolute Gasteiger partial charge is 0.352 e. The molecule has 220 valence electrons. The third kappa shape index (κ3) is 8.52. The lowest BCUT2D eigenvalue weighted by atomic mass is 10.1. The Morgan fingerprint density at radius 2 is 1.63 bits per heavy atom. The average molecular weight is 567 g/mol. The van der Waals surface area contributed by atoms with Gasteiger partial charge >= 0.3 is 0 Å². The summed E-state index contributed by atoms with van der Waals surface area (Å²) in [6.07, 6.45) is 1.48. The fourth-order valence-electron chi connectivity index (χ4n) is 4.28. The van der Waals surface area contributed by atoms with Crippen LogP contribution in [-0.2, 0) is 13.5 Å². The summed E-state index contributed by atoms with van der Waals surface area (Å²) in [6, 6.07) is 13.8. The Morgan fingerprint density at radius 3 is 2.27 bits per heavy atom. The smallest absolute Gasteiger partial charge is 0.251 e. The molecular weight excluding hydrogens is 525 g/mol.